The van der Waals surface area contributed by atoms with Gasteiger partial charge in [0.1, 0.15) is 27.0 Å². The number of anilines is 3. The van der Waals surface area contributed by atoms with E-state index in [1.54, 1.807) is 29.0 Å². The molecule has 0 aliphatic carbocycles. The third-order valence-corrected chi connectivity index (χ3v) is 8.06. The van der Waals surface area contributed by atoms with Crippen LogP contribution in [0.3, 0.4) is 0 Å². The van der Waals surface area contributed by atoms with Gasteiger partial charge in [0.15, 0.2) is 0 Å². The van der Waals surface area contributed by atoms with E-state index in [0.29, 0.717) is 52.0 Å². The number of nitrogens with zero attached hydrogens (tertiary/aromatic N) is 3. The zero-order chi connectivity index (χ0) is 26.4. The average molecular weight is 561 g/mol. The summed E-state index contributed by atoms with van der Waals surface area (Å²) in [6, 6.07) is 16.6. The van der Waals surface area contributed by atoms with Crippen LogP contribution in [0.1, 0.15) is 35.0 Å². The number of aryl methyl sites for hydroxylation is 1. The van der Waals surface area contributed by atoms with Crippen LogP contribution in [0.4, 0.5) is 21.9 Å². The first-order valence-corrected chi connectivity index (χ1v) is 13.4. The smallest absolute Gasteiger partial charge is 0.331 e. The molecule has 39 heavy (non-hydrogen) atoms. The van der Waals surface area contributed by atoms with Crippen LogP contribution in [0.25, 0.3) is 10.2 Å². The summed E-state index contributed by atoms with van der Waals surface area (Å²) >= 11 is 1.29. The molecular weight excluding hydrogens is 532 g/mol. The summed E-state index contributed by atoms with van der Waals surface area (Å²) in [5.74, 6) is 1.59. The first-order valence-electron chi connectivity index (χ1n) is 12.5. The van der Waals surface area contributed by atoms with E-state index in [1.807, 2.05) is 55.5 Å². The fraction of sp³-hybridized carbons (Fsp3) is 0.241. The molecular formula is C29H28N4O4S2. The number of urea groups is 1. The number of Topliss-reactive ketones (excluding diaryl/α,β-unsaturated/α-hetero) is 1. The van der Waals surface area contributed by atoms with Crippen LogP contribution < -0.4 is 15.0 Å². The Morgan fingerprint density at radius 2 is 1.90 bits per heavy atom. The maximum Gasteiger partial charge on any atom is 0.331 e. The number of hydrogen-bond acceptors (Lipinski definition) is 6. The first-order chi connectivity index (χ1) is 18.4. The standard InChI is InChI=1S/C29H26N4O4S.H2S/c1-17-14-21(37-20-6-4-3-5-7-20)8-9-22(17)33-23-10-12-30-27-24(23)25(31-29(33)36)26(38-27)28(35)32-13-11-19(16-32)15-18(2)34;/h3-10,12,14,19H,11,13,15-16H2,1-2H3,(H,31,36);1H2/t19-;/m1./s1. The number of benzene rings is 2. The van der Waals surface area contributed by atoms with Crippen molar-refractivity contribution in [3.63, 3.8) is 0 Å². The molecule has 8 nitrogen and oxygen atoms in total. The number of pyridine rings is 1. The second kappa shape index (κ2) is 10.7. The number of ether oxygens (including phenoxy) is 1. The molecule has 1 saturated heterocycles. The lowest BCUT2D eigenvalue weighted by atomic mass is 10.0. The normalized spacial score (nSPS) is 16.2. The highest BCUT2D eigenvalue weighted by molar-refractivity contribution is 7.59. The molecule has 3 amide bonds. The zero-order valence-electron chi connectivity index (χ0n) is 21.6. The van der Waals surface area contributed by atoms with Crippen molar-refractivity contribution in [1.82, 2.24) is 9.88 Å². The molecule has 0 spiro atoms. The number of ketones is 1. The lowest BCUT2D eigenvalue weighted by molar-refractivity contribution is -0.117. The number of rotatable bonds is 6. The summed E-state index contributed by atoms with van der Waals surface area (Å²) in [5.41, 5.74) is 2.77. The highest BCUT2D eigenvalue weighted by atomic mass is 32.1. The van der Waals surface area contributed by atoms with Gasteiger partial charge in [0.25, 0.3) is 5.91 Å². The molecule has 0 radical (unpaired) electrons. The molecule has 200 valence electrons. The van der Waals surface area contributed by atoms with Gasteiger partial charge in [0, 0.05) is 25.7 Å². The topological polar surface area (TPSA) is 91.8 Å². The number of aromatic nitrogens is 1. The molecule has 2 aliphatic heterocycles. The minimum Gasteiger partial charge on any atom is -0.457 e. The van der Waals surface area contributed by atoms with Crippen LogP contribution in [-0.4, -0.2) is 40.7 Å². The molecule has 1 fully saturated rings. The summed E-state index contributed by atoms with van der Waals surface area (Å²) in [6.45, 7) is 4.66. The number of hydrogen-bond donors (Lipinski definition) is 1. The Hall–Kier alpha value is -3.89. The molecule has 4 aromatic rings. The van der Waals surface area contributed by atoms with E-state index >= 15 is 0 Å². The lowest BCUT2D eigenvalue weighted by Crippen LogP contribution is -2.35. The highest BCUT2D eigenvalue weighted by Crippen LogP contribution is 2.47. The molecule has 2 aromatic heterocycles. The fourth-order valence-electron chi connectivity index (χ4n) is 5.28. The number of amides is 3. The van der Waals surface area contributed by atoms with Crippen molar-refractivity contribution in [3.8, 4) is 11.5 Å². The lowest BCUT2D eigenvalue weighted by Gasteiger charge is -2.30. The van der Waals surface area contributed by atoms with Crippen molar-refractivity contribution in [2.24, 2.45) is 5.92 Å². The molecule has 2 aliphatic rings. The molecule has 0 saturated carbocycles. The second-order valence-corrected chi connectivity index (χ2v) is 10.8. The summed E-state index contributed by atoms with van der Waals surface area (Å²) in [7, 11) is 0. The molecule has 10 heteroatoms. The van der Waals surface area contributed by atoms with Gasteiger partial charge >= 0.3 is 6.03 Å². The number of nitrogens with one attached hydrogen (secondary N) is 1. The van der Waals surface area contributed by atoms with E-state index in [9.17, 15) is 14.4 Å². The van der Waals surface area contributed by atoms with Crippen molar-refractivity contribution in [2.75, 3.05) is 23.3 Å². The van der Waals surface area contributed by atoms with Crippen molar-refractivity contribution >= 4 is 69.8 Å². The molecule has 1 N–H and O–H groups in total. The van der Waals surface area contributed by atoms with Gasteiger partial charge in [-0.05, 0) is 68.1 Å². The monoisotopic (exact) mass is 560 g/mol. The van der Waals surface area contributed by atoms with Crippen LogP contribution in [0, 0.1) is 12.8 Å². The predicted octanol–water partition coefficient (Wildman–Crippen LogP) is 6.63. The van der Waals surface area contributed by atoms with Gasteiger partial charge in [-0.2, -0.15) is 13.5 Å². The predicted molar refractivity (Wildman–Crippen MR) is 158 cm³/mol. The van der Waals surface area contributed by atoms with Gasteiger partial charge in [-0.1, -0.05) is 18.2 Å². The molecule has 6 rings (SSSR count). The Labute approximate surface area is 237 Å². The maximum atomic E-state index is 13.5. The van der Waals surface area contributed by atoms with Gasteiger partial charge in [-0.3, -0.25) is 9.69 Å². The fourth-order valence-corrected chi connectivity index (χ4v) is 6.36. The van der Waals surface area contributed by atoms with Gasteiger partial charge in [-0.15, -0.1) is 11.3 Å². The van der Waals surface area contributed by atoms with E-state index in [1.165, 1.54) is 11.3 Å². The van der Waals surface area contributed by atoms with Gasteiger partial charge in [0.2, 0.25) is 0 Å². The average Bonchev–Trinajstić information content (AvgIpc) is 3.50. The largest absolute Gasteiger partial charge is 0.457 e. The summed E-state index contributed by atoms with van der Waals surface area (Å²) in [4.78, 5) is 47.6. The number of likely N-dealkylation sites (tertiary alicyclic amines) is 1. The Morgan fingerprint density at radius 1 is 1.10 bits per heavy atom. The Kier molecular flexibility index (Phi) is 7.33. The Morgan fingerprint density at radius 3 is 2.64 bits per heavy atom. The van der Waals surface area contributed by atoms with E-state index in [2.05, 4.69) is 10.3 Å². The third kappa shape index (κ3) is 4.97. The minimum absolute atomic E-state index is 0. The number of thiophene rings is 1. The van der Waals surface area contributed by atoms with Gasteiger partial charge in [-0.25, -0.2) is 9.78 Å². The number of carbonyl (C=O) groups excluding carboxylic acids is 3. The molecule has 1 atom stereocenters. The van der Waals surface area contributed by atoms with Crippen molar-refractivity contribution in [1.29, 1.82) is 0 Å². The number of carbonyl (C=O) groups is 3. The quantitative estimate of drug-likeness (QED) is 0.286. The number of para-hydroxylation sites is 1. The SMILES string of the molecule is CC(=O)C[C@H]1CCN(C(=O)c2sc3nccc4c3c2NC(=O)N4c2ccc(Oc3ccccc3)cc2C)C1.S. The van der Waals surface area contributed by atoms with E-state index < -0.39 is 0 Å². The second-order valence-electron chi connectivity index (χ2n) is 9.76. The Bertz CT molecular complexity index is 1590. The Balaban J connectivity index is 0.00000308. The van der Waals surface area contributed by atoms with E-state index in [-0.39, 0.29) is 37.1 Å². The summed E-state index contributed by atoms with van der Waals surface area (Å²) < 4.78 is 5.96. The van der Waals surface area contributed by atoms with E-state index in [0.717, 1.165) is 23.1 Å². The van der Waals surface area contributed by atoms with Crippen LogP contribution in [-0.2, 0) is 4.79 Å². The van der Waals surface area contributed by atoms with Crippen LogP contribution in [0.15, 0.2) is 60.8 Å². The summed E-state index contributed by atoms with van der Waals surface area (Å²) in [6.07, 6.45) is 2.95. The minimum atomic E-state index is -0.340. The first kappa shape index (κ1) is 26.7. The van der Waals surface area contributed by atoms with E-state index in [4.69, 9.17) is 4.74 Å². The third-order valence-electron chi connectivity index (χ3n) is 6.98. The highest BCUT2D eigenvalue weighted by Gasteiger charge is 2.36. The van der Waals surface area contributed by atoms with Gasteiger partial charge < -0.3 is 19.7 Å². The van der Waals surface area contributed by atoms with Crippen molar-refractivity contribution in [3.05, 3.63) is 71.2 Å². The molecule has 0 unspecified atom stereocenters. The van der Waals surface area contributed by atoms with Crippen LogP contribution >= 0.6 is 24.8 Å². The summed E-state index contributed by atoms with van der Waals surface area (Å²) in [5, 5.41) is 3.73. The van der Waals surface area contributed by atoms with Gasteiger partial charge in [0.05, 0.1) is 22.4 Å². The molecule has 2 aromatic carbocycles. The van der Waals surface area contributed by atoms with Crippen LogP contribution in [0.2, 0.25) is 0 Å². The van der Waals surface area contributed by atoms with Crippen molar-refractivity contribution in [2.45, 2.75) is 26.7 Å². The zero-order valence-corrected chi connectivity index (χ0v) is 23.4. The van der Waals surface area contributed by atoms with Crippen LogP contribution in [0.5, 0.6) is 11.5 Å². The molecule has 0 bridgehead atoms. The molecule has 4 heterocycles. The maximum absolute atomic E-state index is 13.5. The van der Waals surface area contributed by atoms with Crippen molar-refractivity contribution < 1.29 is 19.1 Å².